The number of amides is 1. The summed E-state index contributed by atoms with van der Waals surface area (Å²) in [7, 11) is 1.88. The summed E-state index contributed by atoms with van der Waals surface area (Å²) in [5.74, 6) is 1.04. The highest BCUT2D eigenvalue weighted by atomic mass is 35.5. The van der Waals surface area contributed by atoms with Crippen molar-refractivity contribution in [3.8, 4) is 0 Å². The molecule has 2 atom stereocenters. The first-order valence-corrected chi connectivity index (χ1v) is 6.16. The molecule has 1 aliphatic rings. The lowest BCUT2D eigenvalue weighted by Gasteiger charge is -2.16. The first kappa shape index (κ1) is 15.7. The molecule has 0 aromatic rings. The van der Waals surface area contributed by atoms with Crippen molar-refractivity contribution in [1.82, 2.24) is 10.6 Å². The molecule has 1 fully saturated rings. The number of hydrogen-bond acceptors (Lipinski definition) is 2. The van der Waals surface area contributed by atoms with E-state index in [9.17, 15) is 4.79 Å². The van der Waals surface area contributed by atoms with Gasteiger partial charge in [-0.05, 0) is 32.2 Å². The second kappa shape index (κ2) is 8.82. The maximum atomic E-state index is 11.5. The van der Waals surface area contributed by atoms with Crippen LogP contribution in [0.3, 0.4) is 0 Å². The topological polar surface area (TPSA) is 41.1 Å². The third-order valence-corrected chi connectivity index (χ3v) is 3.22. The van der Waals surface area contributed by atoms with Crippen LogP contribution in [0.15, 0.2) is 0 Å². The fraction of sp³-hybridized carbons (Fsp3) is 0.917. The van der Waals surface area contributed by atoms with Gasteiger partial charge in [-0.2, -0.15) is 0 Å². The zero-order valence-electron chi connectivity index (χ0n) is 10.4. The molecular formula is C12H25ClN2O. The van der Waals surface area contributed by atoms with Crippen molar-refractivity contribution in [3.63, 3.8) is 0 Å². The van der Waals surface area contributed by atoms with Crippen LogP contribution in [0, 0.1) is 5.92 Å². The van der Waals surface area contributed by atoms with Crippen LogP contribution < -0.4 is 10.6 Å². The van der Waals surface area contributed by atoms with Gasteiger partial charge in [0, 0.05) is 19.0 Å². The van der Waals surface area contributed by atoms with E-state index < -0.39 is 0 Å². The van der Waals surface area contributed by atoms with E-state index in [-0.39, 0.29) is 18.3 Å². The van der Waals surface area contributed by atoms with Gasteiger partial charge in [0.15, 0.2) is 0 Å². The summed E-state index contributed by atoms with van der Waals surface area (Å²) in [6.07, 6.45) is 6.77. The van der Waals surface area contributed by atoms with Crippen molar-refractivity contribution in [2.75, 3.05) is 13.6 Å². The van der Waals surface area contributed by atoms with Crippen LogP contribution in [0.1, 0.15) is 45.4 Å². The van der Waals surface area contributed by atoms with Crippen LogP contribution in [0.4, 0.5) is 0 Å². The van der Waals surface area contributed by atoms with Crippen LogP contribution in [-0.2, 0) is 4.79 Å². The van der Waals surface area contributed by atoms with Gasteiger partial charge in [0.05, 0.1) is 0 Å². The van der Waals surface area contributed by atoms with Crippen LogP contribution in [0.25, 0.3) is 0 Å². The van der Waals surface area contributed by atoms with E-state index >= 15 is 0 Å². The molecule has 1 rings (SSSR count). The number of halogens is 1. The van der Waals surface area contributed by atoms with Gasteiger partial charge in [-0.15, -0.1) is 12.4 Å². The van der Waals surface area contributed by atoms with E-state index in [0.717, 1.165) is 25.3 Å². The number of carbonyl (C=O) groups excluding carboxylic acids is 1. The fourth-order valence-corrected chi connectivity index (χ4v) is 2.17. The molecule has 2 N–H and O–H groups in total. The summed E-state index contributed by atoms with van der Waals surface area (Å²) in [4.78, 5) is 11.5. The molecule has 0 radical (unpaired) electrons. The highest BCUT2D eigenvalue weighted by Crippen LogP contribution is 2.22. The molecule has 1 aliphatic carbocycles. The van der Waals surface area contributed by atoms with E-state index in [1.807, 2.05) is 7.05 Å². The zero-order valence-corrected chi connectivity index (χ0v) is 11.2. The summed E-state index contributed by atoms with van der Waals surface area (Å²) in [5.41, 5.74) is 0. The first-order chi connectivity index (χ1) is 7.22. The number of hydrogen-bond donors (Lipinski definition) is 2. The number of nitrogens with one attached hydrogen (secondary N) is 2. The van der Waals surface area contributed by atoms with Crippen molar-refractivity contribution < 1.29 is 4.79 Å². The minimum absolute atomic E-state index is 0. The summed E-state index contributed by atoms with van der Waals surface area (Å²) < 4.78 is 0. The minimum atomic E-state index is 0. The van der Waals surface area contributed by atoms with E-state index in [4.69, 9.17) is 0 Å². The molecule has 1 amide bonds. The van der Waals surface area contributed by atoms with Gasteiger partial charge >= 0.3 is 0 Å². The zero-order chi connectivity index (χ0) is 11.1. The third kappa shape index (κ3) is 6.33. The average molecular weight is 249 g/mol. The van der Waals surface area contributed by atoms with Gasteiger partial charge in [-0.3, -0.25) is 4.79 Å². The van der Waals surface area contributed by atoms with Gasteiger partial charge < -0.3 is 10.6 Å². The van der Waals surface area contributed by atoms with Gasteiger partial charge in [0.25, 0.3) is 0 Å². The molecule has 2 unspecified atom stereocenters. The van der Waals surface area contributed by atoms with Crippen molar-refractivity contribution in [3.05, 3.63) is 0 Å². The molecule has 0 aromatic carbocycles. The third-order valence-electron chi connectivity index (χ3n) is 3.22. The molecule has 0 spiro atoms. The minimum Gasteiger partial charge on any atom is -0.353 e. The Labute approximate surface area is 105 Å². The average Bonchev–Trinajstić information content (AvgIpc) is 2.41. The molecule has 0 aromatic heterocycles. The second-order valence-electron chi connectivity index (χ2n) is 4.73. The molecule has 3 nitrogen and oxygen atoms in total. The van der Waals surface area contributed by atoms with Crippen LogP contribution in [-0.4, -0.2) is 25.5 Å². The summed E-state index contributed by atoms with van der Waals surface area (Å²) in [5, 5.41) is 6.13. The van der Waals surface area contributed by atoms with Crippen molar-refractivity contribution in [2.24, 2.45) is 5.92 Å². The maximum Gasteiger partial charge on any atom is 0.221 e. The Bertz CT molecular complexity index is 199. The lowest BCUT2D eigenvalue weighted by atomic mass is 10.0. The summed E-state index contributed by atoms with van der Waals surface area (Å²) in [6, 6.07) is 0.430. The Kier molecular flexibility index (Phi) is 8.67. The molecule has 0 aliphatic heterocycles. The van der Waals surface area contributed by atoms with Gasteiger partial charge in [-0.25, -0.2) is 0 Å². The van der Waals surface area contributed by atoms with E-state index in [1.165, 1.54) is 19.3 Å². The van der Waals surface area contributed by atoms with Crippen LogP contribution in [0.5, 0.6) is 0 Å². The molecule has 1 saturated carbocycles. The molecule has 0 bridgehead atoms. The molecule has 96 valence electrons. The van der Waals surface area contributed by atoms with Gasteiger partial charge in [-0.1, -0.05) is 19.8 Å². The second-order valence-corrected chi connectivity index (χ2v) is 4.73. The predicted molar refractivity (Wildman–Crippen MR) is 70.0 cm³/mol. The molecule has 16 heavy (non-hydrogen) atoms. The molecule has 0 saturated heterocycles. The Morgan fingerprint density at radius 2 is 2.00 bits per heavy atom. The smallest absolute Gasteiger partial charge is 0.221 e. The van der Waals surface area contributed by atoms with E-state index in [2.05, 4.69) is 17.6 Å². The van der Waals surface area contributed by atoms with E-state index in [1.54, 1.807) is 0 Å². The number of carbonyl (C=O) groups is 1. The Hall–Kier alpha value is -0.280. The molecule has 0 heterocycles. The molecular weight excluding hydrogens is 224 g/mol. The quantitative estimate of drug-likeness (QED) is 0.749. The van der Waals surface area contributed by atoms with Crippen LogP contribution >= 0.6 is 12.4 Å². The Balaban J connectivity index is 0.00000225. The van der Waals surface area contributed by atoms with Crippen molar-refractivity contribution in [1.29, 1.82) is 0 Å². The normalized spacial score (nSPS) is 25.4. The summed E-state index contributed by atoms with van der Waals surface area (Å²) >= 11 is 0. The number of rotatable bonds is 4. The highest BCUT2D eigenvalue weighted by Gasteiger charge is 2.17. The Morgan fingerprint density at radius 3 is 2.69 bits per heavy atom. The van der Waals surface area contributed by atoms with Crippen molar-refractivity contribution >= 4 is 18.3 Å². The highest BCUT2D eigenvalue weighted by molar-refractivity contribution is 5.85. The first-order valence-electron chi connectivity index (χ1n) is 6.16. The summed E-state index contributed by atoms with van der Waals surface area (Å²) in [6.45, 7) is 3.08. The Morgan fingerprint density at radius 1 is 1.25 bits per heavy atom. The largest absolute Gasteiger partial charge is 0.353 e. The van der Waals surface area contributed by atoms with Crippen LogP contribution in [0.2, 0.25) is 0 Å². The molecule has 4 heteroatoms. The monoisotopic (exact) mass is 248 g/mol. The maximum absolute atomic E-state index is 11.5. The SMILES string of the molecule is CNCCC(=O)NC1CCCC(C)CC1.Cl. The van der Waals surface area contributed by atoms with Gasteiger partial charge in [0.2, 0.25) is 5.91 Å². The van der Waals surface area contributed by atoms with Gasteiger partial charge in [0.1, 0.15) is 0 Å². The lowest BCUT2D eigenvalue weighted by molar-refractivity contribution is -0.121. The van der Waals surface area contributed by atoms with E-state index in [0.29, 0.717) is 12.5 Å². The fourth-order valence-electron chi connectivity index (χ4n) is 2.17. The lowest BCUT2D eigenvalue weighted by Crippen LogP contribution is -2.35. The van der Waals surface area contributed by atoms with Crippen molar-refractivity contribution in [2.45, 2.75) is 51.5 Å². The standard InChI is InChI=1S/C12H24N2O.ClH/c1-10-4-3-5-11(7-6-10)14-12(15)8-9-13-2;/h10-11,13H,3-9H2,1-2H3,(H,14,15);1H. The predicted octanol–water partition coefficient (Wildman–Crippen LogP) is 2.10.